The van der Waals surface area contributed by atoms with E-state index in [4.69, 9.17) is 0 Å². The van der Waals surface area contributed by atoms with Gasteiger partial charge in [-0.3, -0.25) is 4.79 Å². The molecule has 0 spiro atoms. The Hall–Kier alpha value is -0.570. The van der Waals surface area contributed by atoms with Crippen LogP contribution >= 0.6 is 0 Å². The summed E-state index contributed by atoms with van der Waals surface area (Å²) in [4.78, 5) is 14.3. The van der Waals surface area contributed by atoms with E-state index in [1.54, 1.807) is 0 Å². The van der Waals surface area contributed by atoms with Crippen molar-refractivity contribution >= 4 is 5.91 Å². The lowest BCUT2D eigenvalue weighted by Crippen LogP contribution is -2.54. The molecule has 3 nitrogen and oxygen atoms in total. The molecule has 1 N–H and O–H groups in total. The minimum atomic E-state index is 0.270. The van der Waals surface area contributed by atoms with Gasteiger partial charge in [-0.05, 0) is 19.8 Å². The third-order valence-corrected chi connectivity index (χ3v) is 3.77. The number of amides is 1. The third-order valence-electron chi connectivity index (χ3n) is 3.77. The second kappa shape index (κ2) is 4.97. The van der Waals surface area contributed by atoms with Crippen LogP contribution in [0.4, 0.5) is 0 Å². The van der Waals surface area contributed by atoms with Gasteiger partial charge in [0.1, 0.15) is 0 Å². The van der Waals surface area contributed by atoms with E-state index in [9.17, 15) is 4.79 Å². The Bertz CT molecular complexity index is 220. The second-order valence-corrected chi connectivity index (χ2v) is 4.77. The number of hydrogen-bond donors (Lipinski definition) is 1. The highest BCUT2D eigenvalue weighted by molar-refractivity contribution is 5.80. The first-order valence-corrected chi connectivity index (χ1v) is 6.34. The molecule has 1 amide bonds. The number of carbonyl (C=O) groups excluding carboxylic acids is 1. The first-order valence-electron chi connectivity index (χ1n) is 6.34. The number of nitrogens with zero attached hydrogens (tertiary/aromatic N) is 1. The topological polar surface area (TPSA) is 32.3 Å². The van der Waals surface area contributed by atoms with Gasteiger partial charge in [0.2, 0.25) is 5.91 Å². The van der Waals surface area contributed by atoms with Gasteiger partial charge >= 0.3 is 0 Å². The molecule has 0 aromatic heterocycles. The molecule has 1 saturated carbocycles. The van der Waals surface area contributed by atoms with Crippen molar-refractivity contribution in [2.24, 2.45) is 5.92 Å². The molecule has 0 atom stereocenters. The Labute approximate surface area is 92.2 Å². The SMILES string of the molecule is CCN(C(=O)C1CNC1)C1CCCCC1. The summed E-state index contributed by atoms with van der Waals surface area (Å²) >= 11 is 0. The van der Waals surface area contributed by atoms with Crippen LogP contribution in [-0.4, -0.2) is 36.5 Å². The normalized spacial score (nSPS) is 23.5. The quantitative estimate of drug-likeness (QED) is 0.763. The van der Waals surface area contributed by atoms with Gasteiger partial charge in [-0.2, -0.15) is 0 Å². The Morgan fingerprint density at radius 1 is 1.27 bits per heavy atom. The van der Waals surface area contributed by atoms with Crippen LogP contribution in [0.5, 0.6) is 0 Å². The highest BCUT2D eigenvalue weighted by Gasteiger charge is 2.32. The Balaban J connectivity index is 1.92. The average molecular weight is 210 g/mol. The number of hydrogen-bond acceptors (Lipinski definition) is 2. The van der Waals surface area contributed by atoms with Gasteiger partial charge in [0.05, 0.1) is 5.92 Å². The van der Waals surface area contributed by atoms with E-state index in [0.717, 1.165) is 19.6 Å². The zero-order chi connectivity index (χ0) is 10.7. The minimum Gasteiger partial charge on any atom is -0.340 e. The summed E-state index contributed by atoms with van der Waals surface area (Å²) in [6, 6.07) is 0.539. The maximum absolute atomic E-state index is 12.1. The predicted molar refractivity (Wildman–Crippen MR) is 60.6 cm³/mol. The van der Waals surface area contributed by atoms with Crippen molar-refractivity contribution in [3.05, 3.63) is 0 Å². The highest BCUT2D eigenvalue weighted by atomic mass is 16.2. The van der Waals surface area contributed by atoms with E-state index >= 15 is 0 Å². The molecule has 0 radical (unpaired) electrons. The average Bonchev–Trinajstić information content (AvgIpc) is 2.18. The molecule has 3 heteroatoms. The van der Waals surface area contributed by atoms with Crippen LogP contribution in [0.25, 0.3) is 0 Å². The summed E-state index contributed by atoms with van der Waals surface area (Å²) < 4.78 is 0. The van der Waals surface area contributed by atoms with Gasteiger partial charge in [0, 0.05) is 25.7 Å². The van der Waals surface area contributed by atoms with Crippen LogP contribution in [0, 0.1) is 5.92 Å². The van der Waals surface area contributed by atoms with Gasteiger partial charge in [-0.1, -0.05) is 19.3 Å². The van der Waals surface area contributed by atoms with Crippen molar-refractivity contribution in [3.8, 4) is 0 Å². The lowest BCUT2D eigenvalue weighted by atomic mass is 9.92. The van der Waals surface area contributed by atoms with E-state index < -0.39 is 0 Å². The van der Waals surface area contributed by atoms with E-state index in [2.05, 4.69) is 17.1 Å². The van der Waals surface area contributed by atoms with Crippen molar-refractivity contribution in [3.63, 3.8) is 0 Å². The van der Waals surface area contributed by atoms with Crippen LogP contribution < -0.4 is 5.32 Å². The summed E-state index contributed by atoms with van der Waals surface area (Å²) in [7, 11) is 0. The number of rotatable bonds is 3. The summed E-state index contributed by atoms with van der Waals surface area (Å²) in [5, 5.41) is 3.18. The lowest BCUT2D eigenvalue weighted by molar-refractivity contribution is -0.139. The molecule has 15 heavy (non-hydrogen) atoms. The first kappa shape index (κ1) is 10.9. The largest absolute Gasteiger partial charge is 0.340 e. The molecule has 1 aliphatic carbocycles. The molecular weight excluding hydrogens is 188 g/mol. The van der Waals surface area contributed by atoms with Crippen LogP contribution in [0.3, 0.4) is 0 Å². The van der Waals surface area contributed by atoms with Crippen molar-refractivity contribution in [2.45, 2.75) is 45.1 Å². The molecule has 0 unspecified atom stereocenters. The Morgan fingerprint density at radius 2 is 1.93 bits per heavy atom. The van der Waals surface area contributed by atoms with Crippen LogP contribution in [0.2, 0.25) is 0 Å². The standard InChI is InChI=1S/C12H22N2O/c1-2-14(11-6-4-3-5-7-11)12(15)10-8-13-9-10/h10-11,13H,2-9H2,1H3. The van der Waals surface area contributed by atoms with Crippen molar-refractivity contribution in [1.82, 2.24) is 10.2 Å². The van der Waals surface area contributed by atoms with Gasteiger partial charge in [0.25, 0.3) is 0 Å². The van der Waals surface area contributed by atoms with Gasteiger partial charge < -0.3 is 10.2 Å². The Kier molecular flexibility index (Phi) is 3.62. The van der Waals surface area contributed by atoms with Crippen molar-refractivity contribution in [1.29, 1.82) is 0 Å². The molecule has 1 saturated heterocycles. The summed E-state index contributed by atoms with van der Waals surface area (Å²) in [5.74, 6) is 0.662. The number of carbonyl (C=O) groups is 1. The molecular formula is C12H22N2O. The van der Waals surface area contributed by atoms with Crippen molar-refractivity contribution in [2.75, 3.05) is 19.6 Å². The maximum atomic E-state index is 12.1. The first-order chi connectivity index (χ1) is 7.33. The monoisotopic (exact) mass is 210 g/mol. The van der Waals surface area contributed by atoms with Crippen LogP contribution in [0.1, 0.15) is 39.0 Å². The summed E-state index contributed by atoms with van der Waals surface area (Å²) in [5.41, 5.74) is 0. The summed E-state index contributed by atoms with van der Waals surface area (Å²) in [6.07, 6.45) is 6.40. The summed E-state index contributed by atoms with van der Waals surface area (Å²) in [6.45, 7) is 4.78. The van der Waals surface area contributed by atoms with E-state index in [1.807, 2.05) is 0 Å². The predicted octanol–water partition coefficient (Wildman–Crippen LogP) is 1.39. The fraction of sp³-hybridized carbons (Fsp3) is 0.917. The van der Waals surface area contributed by atoms with Crippen LogP contribution in [-0.2, 0) is 4.79 Å². The molecule has 0 aromatic rings. The lowest BCUT2D eigenvalue weighted by Gasteiger charge is -2.38. The maximum Gasteiger partial charge on any atom is 0.228 e. The van der Waals surface area contributed by atoms with Gasteiger partial charge in [-0.25, -0.2) is 0 Å². The smallest absolute Gasteiger partial charge is 0.228 e. The molecule has 2 aliphatic rings. The zero-order valence-electron chi connectivity index (χ0n) is 9.67. The molecule has 86 valence electrons. The molecule has 2 fully saturated rings. The van der Waals surface area contributed by atoms with Crippen LogP contribution in [0.15, 0.2) is 0 Å². The third kappa shape index (κ3) is 2.33. The highest BCUT2D eigenvalue weighted by Crippen LogP contribution is 2.24. The van der Waals surface area contributed by atoms with E-state index in [-0.39, 0.29) is 5.92 Å². The van der Waals surface area contributed by atoms with Gasteiger partial charge in [-0.15, -0.1) is 0 Å². The fourth-order valence-electron chi connectivity index (χ4n) is 2.68. The minimum absolute atomic E-state index is 0.270. The van der Waals surface area contributed by atoms with E-state index in [1.165, 1.54) is 32.1 Å². The number of nitrogens with one attached hydrogen (secondary N) is 1. The molecule has 0 aromatic carbocycles. The van der Waals surface area contributed by atoms with Gasteiger partial charge in [0.15, 0.2) is 0 Å². The molecule has 2 rings (SSSR count). The Morgan fingerprint density at radius 3 is 2.40 bits per heavy atom. The zero-order valence-corrected chi connectivity index (χ0v) is 9.67. The van der Waals surface area contributed by atoms with Crippen molar-refractivity contribution < 1.29 is 4.79 Å². The second-order valence-electron chi connectivity index (χ2n) is 4.77. The molecule has 1 aliphatic heterocycles. The fourth-order valence-corrected chi connectivity index (χ4v) is 2.68. The molecule has 1 heterocycles. The molecule has 0 bridgehead atoms. The van der Waals surface area contributed by atoms with E-state index in [0.29, 0.717) is 11.9 Å².